The molecule has 1 amide bonds. The van der Waals surface area contributed by atoms with Crippen molar-refractivity contribution in [3.05, 3.63) is 36.0 Å². The van der Waals surface area contributed by atoms with Gasteiger partial charge in [0, 0.05) is 18.1 Å². The largest absolute Gasteiger partial charge is 0.393 e. The Morgan fingerprint density at radius 2 is 2.25 bits per heavy atom. The van der Waals surface area contributed by atoms with Crippen LogP contribution >= 0.6 is 0 Å². The Kier molecular flexibility index (Phi) is 3.74. The number of fused-ring (bicyclic) bond motifs is 1. The van der Waals surface area contributed by atoms with E-state index in [4.69, 9.17) is 0 Å². The van der Waals surface area contributed by atoms with E-state index in [-0.39, 0.29) is 12.0 Å². The monoisotopic (exact) mass is 272 g/mol. The van der Waals surface area contributed by atoms with Crippen LogP contribution in [0.3, 0.4) is 0 Å². The van der Waals surface area contributed by atoms with Gasteiger partial charge in [-0.1, -0.05) is 18.6 Å². The van der Waals surface area contributed by atoms with Gasteiger partial charge in [-0.15, -0.1) is 0 Å². The van der Waals surface area contributed by atoms with Crippen LogP contribution in [-0.4, -0.2) is 28.6 Å². The Balaban J connectivity index is 1.66. The lowest BCUT2D eigenvalue weighted by molar-refractivity contribution is 0.0875. The third kappa shape index (κ3) is 2.70. The Morgan fingerprint density at radius 3 is 3.10 bits per heavy atom. The van der Waals surface area contributed by atoms with Gasteiger partial charge in [0.05, 0.1) is 17.2 Å². The van der Waals surface area contributed by atoms with E-state index in [1.165, 1.54) is 0 Å². The quantitative estimate of drug-likeness (QED) is 0.803. The van der Waals surface area contributed by atoms with Crippen LogP contribution in [-0.2, 0) is 0 Å². The van der Waals surface area contributed by atoms with Crippen molar-refractivity contribution in [1.82, 2.24) is 10.3 Å². The Bertz CT molecular complexity index is 605. The average Bonchev–Trinajstić information content (AvgIpc) is 2.93. The lowest BCUT2D eigenvalue weighted by Gasteiger charge is -2.25. The average molecular weight is 272 g/mol. The first-order chi connectivity index (χ1) is 9.74. The zero-order chi connectivity index (χ0) is 13.9. The highest BCUT2D eigenvalue weighted by Gasteiger charge is 2.21. The fraction of sp³-hybridized carbons (Fsp3) is 0.438. The number of aromatic amines is 1. The molecule has 0 bridgehead atoms. The van der Waals surface area contributed by atoms with Gasteiger partial charge in [-0.25, -0.2) is 0 Å². The normalized spacial score (nSPS) is 22.9. The van der Waals surface area contributed by atoms with E-state index in [2.05, 4.69) is 10.3 Å². The van der Waals surface area contributed by atoms with Crippen LogP contribution in [0.1, 0.15) is 36.0 Å². The standard InChI is InChI=1S/C16H20N2O2/c19-13-5-1-3-11(9-13)10-18-16(20)14-6-2-4-12-7-8-17-15(12)14/h2,4,6-8,11,13,17,19H,1,3,5,9-10H2,(H,18,20). The minimum Gasteiger partial charge on any atom is -0.393 e. The summed E-state index contributed by atoms with van der Waals surface area (Å²) in [4.78, 5) is 15.4. The van der Waals surface area contributed by atoms with E-state index in [9.17, 15) is 9.90 Å². The van der Waals surface area contributed by atoms with Crippen LogP contribution in [0.4, 0.5) is 0 Å². The van der Waals surface area contributed by atoms with Crippen LogP contribution in [0.15, 0.2) is 30.5 Å². The number of H-pyrrole nitrogens is 1. The Hall–Kier alpha value is -1.81. The van der Waals surface area contributed by atoms with Crippen molar-refractivity contribution < 1.29 is 9.90 Å². The summed E-state index contributed by atoms with van der Waals surface area (Å²) in [5.41, 5.74) is 1.57. The predicted molar refractivity (Wildman–Crippen MR) is 78.6 cm³/mol. The van der Waals surface area contributed by atoms with E-state index in [0.717, 1.165) is 36.6 Å². The first kappa shape index (κ1) is 13.2. The minimum atomic E-state index is -0.197. The number of carbonyl (C=O) groups is 1. The van der Waals surface area contributed by atoms with Crippen LogP contribution < -0.4 is 5.32 Å². The second-order valence-electron chi connectivity index (χ2n) is 5.64. The summed E-state index contributed by atoms with van der Waals surface area (Å²) in [6.45, 7) is 0.646. The van der Waals surface area contributed by atoms with E-state index >= 15 is 0 Å². The van der Waals surface area contributed by atoms with Crippen molar-refractivity contribution in [3.8, 4) is 0 Å². The third-order valence-electron chi connectivity index (χ3n) is 4.14. The van der Waals surface area contributed by atoms with Gasteiger partial charge < -0.3 is 15.4 Å². The van der Waals surface area contributed by atoms with Crippen molar-refractivity contribution in [2.24, 2.45) is 5.92 Å². The zero-order valence-corrected chi connectivity index (χ0v) is 11.4. The summed E-state index contributed by atoms with van der Waals surface area (Å²) in [7, 11) is 0. The molecule has 1 saturated carbocycles. The molecule has 1 aromatic carbocycles. The number of aliphatic hydroxyl groups is 1. The Labute approximate surface area is 118 Å². The molecule has 4 nitrogen and oxygen atoms in total. The second-order valence-corrected chi connectivity index (χ2v) is 5.64. The maximum Gasteiger partial charge on any atom is 0.253 e. The minimum absolute atomic E-state index is 0.0434. The molecular weight excluding hydrogens is 252 g/mol. The smallest absolute Gasteiger partial charge is 0.253 e. The molecule has 1 aromatic heterocycles. The summed E-state index contributed by atoms with van der Waals surface area (Å²) in [6, 6.07) is 7.68. The van der Waals surface area contributed by atoms with Crippen LogP contribution in [0.25, 0.3) is 10.9 Å². The third-order valence-corrected chi connectivity index (χ3v) is 4.14. The first-order valence-corrected chi connectivity index (χ1v) is 7.26. The summed E-state index contributed by atoms with van der Waals surface area (Å²) in [5.74, 6) is 0.351. The molecule has 1 heterocycles. The van der Waals surface area contributed by atoms with Crippen molar-refractivity contribution in [2.45, 2.75) is 31.8 Å². The van der Waals surface area contributed by atoms with E-state index in [1.807, 2.05) is 30.5 Å². The molecule has 1 fully saturated rings. The van der Waals surface area contributed by atoms with Gasteiger partial charge in [-0.2, -0.15) is 0 Å². The van der Waals surface area contributed by atoms with E-state index in [1.54, 1.807) is 0 Å². The molecule has 1 aliphatic carbocycles. The summed E-state index contributed by atoms with van der Waals surface area (Å²) in [5, 5.41) is 13.7. The molecule has 3 rings (SSSR count). The molecule has 0 aliphatic heterocycles. The molecule has 0 spiro atoms. The topological polar surface area (TPSA) is 65.1 Å². The van der Waals surface area contributed by atoms with Crippen molar-refractivity contribution >= 4 is 16.8 Å². The number of para-hydroxylation sites is 1. The van der Waals surface area contributed by atoms with E-state index in [0.29, 0.717) is 18.0 Å². The number of aromatic nitrogens is 1. The van der Waals surface area contributed by atoms with Gasteiger partial charge in [0.25, 0.3) is 5.91 Å². The molecule has 2 aromatic rings. The van der Waals surface area contributed by atoms with Gasteiger partial charge in [-0.05, 0) is 37.3 Å². The fourth-order valence-corrected chi connectivity index (χ4v) is 3.05. The first-order valence-electron chi connectivity index (χ1n) is 7.26. The predicted octanol–water partition coefficient (Wildman–Crippen LogP) is 2.45. The summed E-state index contributed by atoms with van der Waals surface area (Å²) in [6.07, 6.45) is 5.48. The highest BCUT2D eigenvalue weighted by atomic mass is 16.3. The van der Waals surface area contributed by atoms with Crippen LogP contribution in [0.5, 0.6) is 0 Å². The number of hydrogen-bond acceptors (Lipinski definition) is 2. The molecule has 1 aliphatic rings. The molecule has 0 radical (unpaired) electrons. The molecule has 20 heavy (non-hydrogen) atoms. The molecular formula is C16H20N2O2. The fourth-order valence-electron chi connectivity index (χ4n) is 3.05. The van der Waals surface area contributed by atoms with Gasteiger partial charge >= 0.3 is 0 Å². The maximum absolute atomic E-state index is 12.3. The molecule has 0 saturated heterocycles. The highest BCUT2D eigenvalue weighted by Crippen LogP contribution is 2.24. The number of benzene rings is 1. The lowest BCUT2D eigenvalue weighted by Crippen LogP contribution is -2.33. The number of nitrogens with one attached hydrogen (secondary N) is 2. The maximum atomic E-state index is 12.3. The SMILES string of the molecule is O=C(NCC1CCCC(O)C1)c1cccc2cc[nH]c12. The van der Waals surface area contributed by atoms with Crippen LogP contribution in [0.2, 0.25) is 0 Å². The van der Waals surface area contributed by atoms with Gasteiger partial charge in [0.1, 0.15) is 0 Å². The molecule has 3 N–H and O–H groups in total. The zero-order valence-electron chi connectivity index (χ0n) is 11.4. The van der Waals surface area contributed by atoms with Gasteiger partial charge in [0.2, 0.25) is 0 Å². The number of amides is 1. The molecule has 106 valence electrons. The number of aliphatic hydroxyl groups excluding tert-OH is 1. The van der Waals surface area contributed by atoms with Crippen LogP contribution in [0, 0.1) is 5.92 Å². The highest BCUT2D eigenvalue weighted by molar-refractivity contribution is 6.05. The number of rotatable bonds is 3. The number of hydrogen-bond donors (Lipinski definition) is 3. The van der Waals surface area contributed by atoms with Gasteiger partial charge in [0.15, 0.2) is 0 Å². The second kappa shape index (κ2) is 5.67. The summed E-state index contributed by atoms with van der Waals surface area (Å²) >= 11 is 0. The Morgan fingerprint density at radius 1 is 1.35 bits per heavy atom. The molecule has 2 atom stereocenters. The van der Waals surface area contributed by atoms with E-state index < -0.39 is 0 Å². The lowest BCUT2D eigenvalue weighted by atomic mass is 9.87. The number of carbonyl (C=O) groups excluding carboxylic acids is 1. The molecule has 4 heteroatoms. The summed E-state index contributed by atoms with van der Waals surface area (Å²) < 4.78 is 0. The van der Waals surface area contributed by atoms with Crippen molar-refractivity contribution in [1.29, 1.82) is 0 Å². The van der Waals surface area contributed by atoms with Gasteiger partial charge in [-0.3, -0.25) is 4.79 Å². The van der Waals surface area contributed by atoms with Crippen molar-refractivity contribution in [2.75, 3.05) is 6.54 Å². The molecule has 2 unspecified atom stereocenters. The van der Waals surface area contributed by atoms with Crippen molar-refractivity contribution in [3.63, 3.8) is 0 Å².